The molecule has 0 aromatic carbocycles. The molecule has 0 aliphatic carbocycles. The number of hydrogen-bond acceptors (Lipinski definition) is 3. The van der Waals surface area contributed by atoms with E-state index >= 15 is 0 Å². The molecule has 1 aliphatic heterocycles. The van der Waals surface area contributed by atoms with Crippen LogP contribution in [0.1, 0.15) is 19.3 Å². The minimum absolute atomic E-state index is 0. The third-order valence-corrected chi connectivity index (χ3v) is 3.11. The first-order valence-corrected chi connectivity index (χ1v) is 6.40. The van der Waals surface area contributed by atoms with Crippen LogP contribution in [0.3, 0.4) is 0 Å². The minimum Gasteiger partial charge on any atom is -0.383 e. The highest BCUT2D eigenvalue weighted by Crippen LogP contribution is 2.19. The Morgan fingerprint density at radius 1 is 1.58 bits per heavy atom. The summed E-state index contributed by atoms with van der Waals surface area (Å²) in [6.07, 6.45) is 2.60. The van der Waals surface area contributed by atoms with Crippen LogP contribution in [0.4, 0.5) is 0 Å². The topological polar surface area (TPSA) is 80.0 Å². The number of amides is 1. The van der Waals surface area contributed by atoms with E-state index in [1.807, 2.05) is 0 Å². The van der Waals surface area contributed by atoms with Crippen LogP contribution in [0.2, 0.25) is 0 Å². The van der Waals surface area contributed by atoms with Crippen LogP contribution in [-0.4, -0.2) is 57.2 Å². The Bertz CT molecular complexity index is 299. The van der Waals surface area contributed by atoms with Crippen LogP contribution in [0.25, 0.3) is 0 Å². The second-order valence-electron chi connectivity index (χ2n) is 4.59. The number of aliphatic imine (C=N–C) groups is 1. The van der Waals surface area contributed by atoms with E-state index in [9.17, 15) is 4.79 Å². The average Bonchev–Trinajstić information content (AvgIpc) is 2.34. The molecule has 1 unspecified atom stereocenters. The van der Waals surface area contributed by atoms with E-state index < -0.39 is 0 Å². The van der Waals surface area contributed by atoms with E-state index in [0.717, 1.165) is 38.4 Å². The standard InChI is InChI=1S/C12H24N4O2.HI/c1-14-12(15-5-7-18-2)16-6-3-4-10(9-16)8-11(13)17;/h10H,3-9H2,1-2H3,(H2,13,17)(H,14,15);1H. The highest BCUT2D eigenvalue weighted by molar-refractivity contribution is 14.0. The number of likely N-dealkylation sites (tertiary alicyclic amines) is 1. The molecule has 1 rings (SSSR count). The minimum atomic E-state index is -0.218. The normalized spacial score (nSPS) is 19.8. The largest absolute Gasteiger partial charge is 0.383 e. The third-order valence-electron chi connectivity index (χ3n) is 3.11. The predicted molar refractivity (Wildman–Crippen MR) is 86.8 cm³/mol. The van der Waals surface area contributed by atoms with Crippen molar-refractivity contribution in [2.24, 2.45) is 16.6 Å². The molecule has 0 aromatic rings. The smallest absolute Gasteiger partial charge is 0.217 e. The number of nitrogens with zero attached hydrogens (tertiary/aromatic N) is 2. The van der Waals surface area contributed by atoms with Gasteiger partial charge in [0.05, 0.1) is 6.61 Å². The third kappa shape index (κ3) is 6.95. The molecule has 1 aliphatic rings. The van der Waals surface area contributed by atoms with Gasteiger partial charge in [0, 0.05) is 40.2 Å². The number of primary amides is 1. The van der Waals surface area contributed by atoms with E-state index in [0.29, 0.717) is 18.9 Å². The summed E-state index contributed by atoms with van der Waals surface area (Å²) in [5, 5.41) is 3.25. The first kappa shape index (κ1) is 18.4. The summed E-state index contributed by atoms with van der Waals surface area (Å²) in [4.78, 5) is 17.4. The fourth-order valence-electron chi connectivity index (χ4n) is 2.31. The average molecular weight is 384 g/mol. The van der Waals surface area contributed by atoms with Crippen LogP contribution < -0.4 is 11.1 Å². The molecule has 19 heavy (non-hydrogen) atoms. The van der Waals surface area contributed by atoms with Gasteiger partial charge in [-0.2, -0.15) is 0 Å². The maximum Gasteiger partial charge on any atom is 0.217 e. The number of hydrogen-bond donors (Lipinski definition) is 2. The summed E-state index contributed by atoms with van der Waals surface area (Å²) >= 11 is 0. The van der Waals surface area contributed by atoms with Crippen molar-refractivity contribution in [3.63, 3.8) is 0 Å². The van der Waals surface area contributed by atoms with Gasteiger partial charge in [0.2, 0.25) is 5.91 Å². The van der Waals surface area contributed by atoms with Gasteiger partial charge in [-0.05, 0) is 18.8 Å². The zero-order chi connectivity index (χ0) is 13.4. The fourth-order valence-corrected chi connectivity index (χ4v) is 2.31. The molecule has 1 amide bonds. The molecule has 1 atom stereocenters. The summed E-state index contributed by atoms with van der Waals surface area (Å²) in [5.74, 6) is 1.00. The maximum atomic E-state index is 11.0. The van der Waals surface area contributed by atoms with Gasteiger partial charge in [-0.3, -0.25) is 9.79 Å². The zero-order valence-electron chi connectivity index (χ0n) is 11.7. The number of ether oxygens (including phenoxy) is 1. The molecular formula is C12H25IN4O2. The number of nitrogens with two attached hydrogens (primary N) is 1. The second-order valence-corrected chi connectivity index (χ2v) is 4.59. The molecule has 7 heteroatoms. The van der Waals surface area contributed by atoms with Gasteiger partial charge in [-0.1, -0.05) is 0 Å². The highest BCUT2D eigenvalue weighted by atomic mass is 127. The lowest BCUT2D eigenvalue weighted by Crippen LogP contribution is -2.47. The summed E-state index contributed by atoms with van der Waals surface area (Å²) in [7, 11) is 3.45. The number of rotatable bonds is 5. The zero-order valence-corrected chi connectivity index (χ0v) is 14.1. The molecule has 3 N–H and O–H groups in total. The molecule has 0 aromatic heterocycles. The molecule has 112 valence electrons. The van der Waals surface area contributed by atoms with Crippen LogP contribution in [0.5, 0.6) is 0 Å². The Morgan fingerprint density at radius 2 is 2.32 bits per heavy atom. The monoisotopic (exact) mass is 384 g/mol. The Morgan fingerprint density at radius 3 is 2.89 bits per heavy atom. The van der Waals surface area contributed by atoms with Gasteiger partial charge >= 0.3 is 0 Å². The Balaban J connectivity index is 0.00000324. The van der Waals surface area contributed by atoms with Gasteiger partial charge in [-0.15, -0.1) is 24.0 Å². The summed E-state index contributed by atoms with van der Waals surface area (Å²) in [6, 6.07) is 0. The summed E-state index contributed by atoms with van der Waals surface area (Å²) < 4.78 is 5.00. The van der Waals surface area contributed by atoms with Gasteiger partial charge in [0.25, 0.3) is 0 Å². The van der Waals surface area contributed by atoms with Crippen molar-refractivity contribution in [3.05, 3.63) is 0 Å². The lowest BCUT2D eigenvalue weighted by Gasteiger charge is -2.34. The number of methoxy groups -OCH3 is 1. The second kappa shape index (κ2) is 10.2. The van der Waals surface area contributed by atoms with Crippen molar-refractivity contribution >= 4 is 35.8 Å². The van der Waals surface area contributed by atoms with Crippen LogP contribution in [-0.2, 0) is 9.53 Å². The molecule has 0 bridgehead atoms. The van der Waals surface area contributed by atoms with Crippen molar-refractivity contribution in [3.8, 4) is 0 Å². The fraction of sp³-hybridized carbons (Fsp3) is 0.833. The molecule has 1 heterocycles. The number of carbonyl (C=O) groups excluding carboxylic acids is 1. The van der Waals surface area contributed by atoms with Crippen LogP contribution in [0, 0.1) is 5.92 Å². The molecule has 0 spiro atoms. The van der Waals surface area contributed by atoms with Gasteiger partial charge in [-0.25, -0.2) is 0 Å². The van der Waals surface area contributed by atoms with Crippen molar-refractivity contribution in [1.29, 1.82) is 0 Å². The highest BCUT2D eigenvalue weighted by Gasteiger charge is 2.23. The number of piperidine rings is 1. The molecule has 0 saturated carbocycles. The number of guanidine groups is 1. The van der Waals surface area contributed by atoms with Crippen molar-refractivity contribution in [1.82, 2.24) is 10.2 Å². The van der Waals surface area contributed by atoms with E-state index in [2.05, 4.69) is 15.2 Å². The van der Waals surface area contributed by atoms with Gasteiger partial charge in [0.15, 0.2) is 5.96 Å². The van der Waals surface area contributed by atoms with Crippen molar-refractivity contribution in [2.45, 2.75) is 19.3 Å². The van der Waals surface area contributed by atoms with E-state index in [1.54, 1.807) is 14.2 Å². The van der Waals surface area contributed by atoms with E-state index in [4.69, 9.17) is 10.5 Å². The van der Waals surface area contributed by atoms with E-state index in [-0.39, 0.29) is 29.9 Å². The molecule has 6 nitrogen and oxygen atoms in total. The molecular weight excluding hydrogens is 359 g/mol. The quantitative estimate of drug-likeness (QED) is 0.312. The van der Waals surface area contributed by atoms with Crippen LogP contribution in [0.15, 0.2) is 4.99 Å². The predicted octanol–water partition coefficient (Wildman–Crippen LogP) is 0.414. The van der Waals surface area contributed by atoms with Crippen molar-refractivity contribution in [2.75, 3.05) is 40.4 Å². The Hall–Kier alpha value is -0.570. The summed E-state index contributed by atoms with van der Waals surface area (Å²) in [6.45, 7) is 3.20. The lowest BCUT2D eigenvalue weighted by molar-refractivity contribution is -0.119. The maximum absolute atomic E-state index is 11.0. The lowest BCUT2D eigenvalue weighted by atomic mass is 9.95. The van der Waals surface area contributed by atoms with Crippen LogP contribution >= 0.6 is 24.0 Å². The first-order chi connectivity index (χ1) is 8.67. The Kier molecular flexibility index (Phi) is 9.94. The van der Waals surface area contributed by atoms with Gasteiger partial charge in [0.1, 0.15) is 0 Å². The number of nitrogens with one attached hydrogen (secondary N) is 1. The van der Waals surface area contributed by atoms with Crippen molar-refractivity contribution < 1.29 is 9.53 Å². The SMILES string of the molecule is CN=C(NCCOC)N1CCCC(CC(N)=O)C1.I. The molecule has 1 saturated heterocycles. The van der Waals surface area contributed by atoms with E-state index in [1.165, 1.54) is 0 Å². The molecule has 0 radical (unpaired) electrons. The van der Waals surface area contributed by atoms with Gasteiger partial charge < -0.3 is 20.7 Å². The first-order valence-electron chi connectivity index (χ1n) is 6.40. The number of carbonyl (C=O) groups is 1. The Labute approximate surface area is 132 Å². The molecule has 1 fully saturated rings. The number of halogens is 1. The summed E-state index contributed by atoms with van der Waals surface area (Å²) in [5.41, 5.74) is 5.26.